The zero-order valence-corrected chi connectivity index (χ0v) is 6.49. The van der Waals surface area contributed by atoms with Crippen molar-refractivity contribution in [2.24, 2.45) is 0 Å². The van der Waals surface area contributed by atoms with Crippen LogP contribution in [-0.2, 0) is 0 Å². The number of hydrogen-bond acceptors (Lipinski definition) is 0. The van der Waals surface area contributed by atoms with Gasteiger partial charge in [0.05, 0.1) is 0 Å². The fourth-order valence-electron chi connectivity index (χ4n) is 1.06. The molecule has 3 heteroatoms. The number of allylic oxidation sites excluding steroid dienone is 5. The fourth-order valence-corrected chi connectivity index (χ4v) is 1.06. The van der Waals surface area contributed by atoms with Crippen molar-refractivity contribution in [3.8, 4) is 0 Å². The quantitative estimate of drug-likeness (QED) is 0.571. The summed E-state index contributed by atoms with van der Waals surface area (Å²) in [6, 6.07) is 0. The van der Waals surface area contributed by atoms with Crippen LogP contribution in [0.5, 0.6) is 0 Å². The summed E-state index contributed by atoms with van der Waals surface area (Å²) in [4.78, 5) is 0. The normalized spacial score (nSPS) is 18.2. The van der Waals surface area contributed by atoms with Gasteiger partial charge in [0, 0.05) is 5.57 Å². The second-order valence-electron chi connectivity index (χ2n) is 2.64. The lowest BCUT2D eigenvalue weighted by atomic mass is 9.98. The van der Waals surface area contributed by atoms with Crippen molar-refractivity contribution < 1.29 is 13.2 Å². The van der Waals surface area contributed by atoms with Crippen molar-refractivity contribution in [3.63, 3.8) is 0 Å². The molecule has 0 unspecified atom stereocenters. The standard InChI is InChI=1S/C9H9F3/c1-2-7-3-5-8(6-4-7)9(10,11)12/h2-3,5H,1,4,6H2. The van der Waals surface area contributed by atoms with E-state index in [1.807, 2.05) is 0 Å². The summed E-state index contributed by atoms with van der Waals surface area (Å²) < 4.78 is 36.1. The Balaban J connectivity index is 2.79. The van der Waals surface area contributed by atoms with E-state index in [0.29, 0.717) is 6.42 Å². The first-order valence-electron chi connectivity index (χ1n) is 3.63. The molecule has 0 radical (unpaired) electrons. The van der Waals surface area contributed by atoms with Crippen LogP contribution in [0.25, 0.3) is 0 Å². The molecule has 0 aromatic rings. The maximum atomic E-state index is 12.0. The molecule has 0 heterocycles. The zero-order chi connectivity index (χ0) is 9.19. The van der Waals surface area contributed by atoms with Crippen molar-refractivity contribution in [1.29, 1.82) is 0 Å². The highest BCUT2D eigenvalue weighted by Crippen LogP contribution is 2.32. The Hall–Kier alpha value is -0.990. The van der Waals surface area contributed by atoms with E-state index >= 15 is 0 Å². The Morgan fingerprint density at radius 2 is 1.92 bits per heavy atom. The highest BCUT2D eigenvalue weighted by Gasteiger charge is 2.33. The number of hydrogen-bond donors (Lipinski definition) is 0. The topological polar surface area (TPSA) is 0 Å². The highest BCUT2D eigenvalue weighted by molar-refractivity contribution is 5.31. The molecule has 0 aromatic carbocycles. The van der Waals surface area contributed by atoms with Crippen LogP contribution in [0.4, 0.5) is 13.2 Å². The summed E-state index contributed by atoms with van der Waals surface area (Å²) in [6.07, 6.45) is 0.531. The molecule has 1 rings (SSSR count). The van der Waals surface area contributed by atoms with Crippen LogP contribution in [0.3, 0.4) is 0 Å². The smallest absolute Gasteiger partial charge is 0.166 e. The van der Waals surface area contributed by atoms with Crippen molar-refractivity contribution in [2.45, 2.75) is 19.0 Å². The molecule has 66 valence electrons. The van der Waals surface area contributed by atoms with Gasteiger partial charge in [0.25, 0.3) is 0 Å². The SMILES string of the molecule is C=CC1=CC=C(C(F)(F)F)CC1. The van der Waals surface area contributed by atoms with Crippen LogP contribution < -0.4 is 0 Å². The molecule has 0 aromatic heterocycles. The van der Waals surface area contributed by atoms with Crippen LogP contribution in [0, 0.1) is 0 Å². The van der Waals surface area contributed by atoms with E-state index in [1.54, 1.807) is 6.08 Å². The third kappa shape index (κ3) is 2.00. The van der Waals surface area contributed by atoms with Gasteiger partial charge in [-0.1, -0.05) is 24.8 Å². The Kier molecular flexibility index (Phi) is 2.40. The Morgan fingerprint density at radius 1 is 1.25 bits per heavy atom. The fraction of sp³-hybridized carbons (Fsp3) is 0.333. The zero-order valence-electron chi connectivity index (χ0n) is 6.49. The summed E-state index contributed by atoms with van der Waals surface area (Å²) in [5.41, 5.74) is 0.413. The lowest BCUT2D eigenvalue weighted by molar-refractivity contribution is -0.0940. The second-order valence-corrected chi connectivity index (χ2v) is 2.64. The van der Waals surface area contributed by atoms with Gasteiger partial charge in [-0.2, -0.15) is 13.2 Å². The van der Waals surface area contributed by atoms with Crippen LogP contribution in [-0.4, -0.2) is 6.18 Å². The molecule has 1 aliphatic rings. The number of halogens is 3. The van der Waals surface area contributed by atoms with E-state index in [4.69, 9.17) is 0 Å². The predicted octanol–water partition coefficient (Wildman–Crippen LogP) is 3.38. The van der Waals surface area contributed by atoms with Gasteiger partial charge in [0.15, 0.2) is 0 Å². The Morgan fingerprint density at radius 3 is 2.25 bits per heavy atom. The lowest BCUT2D eigenvalue weighted by Crippen LogP contribution is -2.13. The van der Waals surface area contributed by atoms with Gasteiger partial charge in [0.1, 0.15) is 0 Å². The molecule has 0 N–H and O–H groups in total. The average molecular weight is 174 g/mol. The lowest BCUT2D eigenvalue weighted by Gasteiger charge is -2.14. The van der Waals surface area contributed by atoms with Crippen LogP contribution in [0.2, 0.25) is 0 Å². The molecule has 0 spiro atoms. The molecule has 0 aliphatic heterocycles. The number of alkyl halides is 3. The maximum Gasteiger partial charge on any atom is 0.412 e. The first-order valence-corrected chi connectivity index (χ1v) is 3.63. The molecule has 0 atom stereocenters. The van der Waals surface area contributed by atoms with Gasteiger partial charge in [-0.15, -0.1) is 0 Å². The van der Waals surface area contributed by atoms with E-state index < -0.39 is 11.7 Å². The van der Waals surface area contributed by atoms with Gasteiger partial charge in [-0.25, -0.2) is 0 Å². The van der Waals surface area contributed by atoms with Gasteiger partial charge in [-0.05, 0) is 18.4 Å². The molecule has 0 bridgehead atoms. The van der Waals surface area contributed by atoms with Gasteiger partial charge < -0.3 is 0 Å². The van der Waals surface area contributed by atoms with Crippen molar-refractivity contribution in [2.75, 3.05) is 0 Å². The summed E-state index contributed by atoms with van der Waals surface area (Å²) in [7, 11) is 0. The molecule has 0 nitrogen and oxygen atoms in total. The molecule has 0 fully saturated rings. The maximum absolute atomic E-state index is 12.0. The molecule has 12 heavy (non-hydrogen) atoms. The average Bonchev–Trinajstić information content (AvgIpc) is 2.03. The van der Waals surface area contributed by atoms with E-state index in [0.717, 1.165) is 11.6 Å². The second kappa shape index (κ2) is 3.17. The first-order chi connectivity index (χ1) is 5.54. The van der Waals surface area contributed by atoms with Crippen LogP contribution in [0.1, 0.15) is 12.8 Å². The van der Waals surface area contributed by atoms with E-state index in [1.165, 1.54) is 6.08 Å². The summed E-state index contributed by atoms with van der Waals surface area (Å²) in [6.45, 7) is 3.49. The predicted molar refractivity (Wildman–Crippen MR) is 41.7 cm³/mol. The molecule has 0 saturated carbocycles. The molecule has 0 saturated heterocycles. The van der Waals surface area contributed by atoms with Gasteiger partial charge in [0.2, 0.25) is 0 Å². The van der Waals surface area contributed by atoms with Gasteiger partial charge >= 0.3 is 6.18 Å². The Bertz CT molecular complexity index is 243. The van der Waals surface area contributed by atoms with Crippen LogP contribution >= 0.6 is 0 Å². The summed E-state index contributed by atoms with van der Waals surface area (Å²) >= 11 is 0. The third-order valence-corrected chi connectivity index (χ3v) is 1.81. The minimum absolute atomic E-state index is 0.0708. The van der Waals surface area contributed by atoms with Crippen molar-refractivity contribution in [1.82, 2.24) is 0 Å². The van der Waals surface area contributed by atoms with E-state index in [-0.39, 0.29) is 6.42 Å². The van der Waals surface area contributed by atoms with Crippen molar-refractivity contribution in [3.05, 3.63) is 36.0 Å². The van der Waals surface area contributed by atoms with E-state index in [2.05, 4.69) is 6.58 Å². The highest BCUT2D eigenvalue weighted by atomic mass is 19.4. The third-order valence-electron chi connectivity index (χ3n) is 1.81. The van der Waals surface area contributed by atoms with Crippen molar-refractivity contribution >= 4 is 0 Å². The summed E-state index contributed by atoms with van der Waals surface area (Å²) in [5, 5.41) is 0. The van der Waals surface area contributed by atoms with Crippen LogP contribution in [0.15, 0.2) is 36.0 Å². The van der Waals surface area contributed by atoms with Gasteiger partial charge in [-0.3, -0.25) is 0 Å². The molecular weight excluding hydrogens is 165 g/mol. The number of rotatable bonds is 1. The minimum Gasteiger partial charge on any atom is -0.166 e. The first kappa shape index (κ1) is 9.10. The summed E-state index contributed by atoms with van der Waals surface area (Å²) in [5.74, 6) is 0. The molecule has 0 amide bonds. The van der Waals surface area contributed by atoms with E-state index in [9.17, 15) is 13.2 Å². The Labute approximate surface area is 69.1 Å². The molecule has 1 aliphatic carbocycles. The monoisotopic (exact) mass is 174 g/mol. The molecular formula is C9H9F3. The largest absolute Gasteiger partial charge is 0.412 e. The minimum atomic E-state index is -4.16.